The van der Waals surface area contributed by atoms with Crippen LogP contribution >= 0.6 is 11.6 Å². The number of aliphatic hydroxyl groups is 1. The van der Waals surface area contributed by atoms with Crippen LogP contribution in [0.1, 0.15) is 6.42 Å². The quantitative estimate of drug-likeness (QED) is 0.606. The number of hydrogen-bond donors (Lipinski definition) is 1. The first-order valence-corrected chi connectivity index (χ1v) is 8.17. The molecule has 0 atom stereocenters. The second kappa shape index (κ2) is 6.27. The van der Waals surface area contributed by atoms with Crippen molar-refractivity contribution in [3.8, 4) is 11.3 Å². The van der Waals surface area contributed by atoms with Gasteiger partial charge < -0.3 is 9.67 Å². The summed E-state index contributed by atoms with van der Waals surface area (Å²) in [7, 11) is 0. The van der Waals surface area contributed by atoms with Crippen LogP contribution in [0, 0.1) is 0 Å². The van der Waals surface area contributed by atoms with E-state index in [9.17, 15) is 4.79 Å². The lowest BCUT2D eigenvalue weighted by atomic mass is 10.1. The fraction of sp³-hybridized carbons (Fsp3) is 0.176. The highest BCUT2D eigenvalue weighted by Crippen LogP contribution is 2.31. The average Bonchev–Trinajstić information content (AvgIpc) is 3.08. The molecule has 0 saturated heterocycles. The molecule has 4 aromatic rings. The monoisotopic (exact) mass is 355 g/mol. The summed E-state index contributed by atoms with van der Waals surface area (Å²) in [5.74, 6) is 0.398. The van der Waals surface area contributed by atoms with E-state index >= 15 is 0 Å². The van der Waals surface area contributed by atoms with Crippen LogP contribution in [-0.4, -0.2) is 35.9 Å². The number of benzene rings is 1. The van der Waals surface area contributed by atoms with Crippen molar-refractivity contribution in [2.45, 2.75) is 13.0 Å². The van der Waals surface area contributed by atoms with Crippen molar-refractivity contribution in [1.82, 2.24) is 24.1 Å². The zero-order valence-corrected chi connectivity index (χ0v) is 13.9. The molecule has 4 rings (SSSR count). The lowest BCUT2D eigenvalue weighted by Crippen LogP contribution is -2.22. The summed E-state index contributed by atoms with van der Waals surface area (Å²) in [6.45, 7) is 0.435. The van der Waals surface area contributed by atoms with Gasteiger partial charge in [-0.1, -0.05) is 29.8 Å². The summed E-state index contributed by atoms with van der Waals surface area (Å²) in [4.78, 5) is 21.6. The smallest absolute Gasteiger partial charge is 0.262 e. The van der Waals surface area contributed by atoms with Crippen molar-refractivity contribution in [3.05, 3.63) is 58.2 Å². The predicted octanol–water partition coefficient (Wildman–Crippen LogP) is 2.14. The molecule has 0 amide bonds. The van der Waals surface area contributed by atoms with E-state index in [4.69, 9.17) is 16.7 Å². The van der Waals surface area contributed by atoms with Crippen LogP contribution in [0.15, 0.2) is 47.7 Å². The predicted molar refractivity (Wildman–Crippen MR) is 94.7 cm³/mol. The normalized spacial score (nSPS) is 11.4. The maximum Gasteiger partial charge on any atom is 0.262 e. The summed E-state index contributed by atoms with van der Waals surface area (Å²) in [6.07, 6.45) is 3.56. The Morgan fingerprint density at radius 3 is 2.84 bits per heavy atom. The van der Waals surface area contributed by atoms with Crippen LogP contribution < -0.4 is 5.56 Å². The number of aryl methyl sites for hydroxylation is 1. The minimum Gasteiger partial charge on any atom is -0.396 e. The molecule has 8 heteroatoms. The molecular formula is C17H14ClN5O2. The van der Waals surface area contributed by atoms with Crippen LogP contribution in [-0.2, 0) is 6.54 Å². The first-order chi connectivity index (χ1) is 12.2. The highest BCUT2D eigenvalue weighted by atomic mass is 35.5. The number of nitrogens with zero attached hydrogens (tertiary/aromatic N) is 5. The highest BCUT2D eigenvalue weighted by Gasteiger charge is 2.18. The van der Waals surface area contributed by atoms with Crippen molar-refractivity contribution in [3.63, 3.8) is 0 Å². The molecule has 3 heterocycles. The van der Waals surface area contributed by atoms with Crippen molar-refractivity contribution in [2.24, 2.45) is 0 Å². The highest BCUT2D eigenvalue weighted by molar-refractivity contribution is 6.33. The molecule has 0 aliphatic carbocycles. The van der Waals surface area contributed by atoms with E-state index < -0.39 is 0 Å². The van der Waals surface area contributed by atoms with Gasteiger partial charge in [0.25, 0.3) is 11.3 Å². The summed E-state index contributed by atoms with van der Waals surface area (Å²) in [5, 5.41) is 14.2. The Bertz CT molecular complexity index is 1130. The van der Waals surface area contributed by atoms with Gasteiger partial charge >= 0.3 is 0 Å². The third-order valence-electron chi connectivity index (χ3n) is 4.03. The number of pyridine rings is 1. The standard InChI is InChI=1S/C17H14ClN5O2/c18-12-5-2-1-4-11(12)15-14-13(21-17-19-10-20-23(15)17)6-8-22(16(14)25)7-3-9-24/h1-2,4-6,8,10,24H,3,7,9H2. The minimum absolute atomic E-state index is 0.0161. The van der Waals surface area contributed by atoms with E-state index in [2.05, 4.69) is 15.1 Å². The van der Waals surface area contributed by atoms with Crippen molar-refractivity contribution in [1.29, 1.82) is 0 Å². The second-order valence-corrected chi connectivity index (χ2v) is 5.97. The van der Waals surface area contributed by atoms with E-state index in [1.807, 2.05) is 18.2 Å². The topological polar surface area (TPSA) is 85.3 Å². The molecule has 0 radical (unpaired) electrons. The first kappa shape index (κ1) is 15.7. The Labute approximate surface area is 147 Å². The molecule has 0 aliphatic rings. The van der Waals surface area contributed by atoms with Crippen LogP contribution in [0.25, 0.3) is 27.9 Å². The Hall–Kier alpha value is -2.77. The van der Waals surface area contributed by atoms with Gasteiger partial charge in [-0.3, -0.25) is 4.79 Å². The Morgan fingerprint density at radius 2 is 2.04 bits per heavy atom. The summed E-state index contributed by atoms with van der Waals surface area (Å²) >= 11 is 6.38. The van der Waals surface area contributed by atoms with Crippen molar-refractivity contribution >= 4 is 28.3 Å². The molecule has 1 aromatic carbocycles. The van der Waals surface area contributed by atoms with Gasteiger partial charge in [0, 0.05) is 29.9 Å². The molecule has 0 bridgehead atoms. The minimum atomic E-state index is -0.203. The second-order valence-electron chi connectivity index (χ2n) is 5.56. The van der Waals surface area contributed by atoms with Gasteiger partial charge in [-0.25, -0.2) is 4.98 Å². The van der Waals surface area contributed by atoms with Crippen LogP contribution in [0.2, 0.25) is 5.02 Å². The zero-order chi connectivity index (χ0) is 17.4. The molecule has 1 N–H and O–H groups in total. The number of rotatable bonds is 4. The van der Waals surface area contributed by atoms with Crippen molar-refractivity contribution < 1.29 is 5.11 Å². The number of aliphatic hydroxyl groups excluding tert-OH is 1. The van der Waals surface area contributed by atoms with Gasteiger partial charge in [-0.2, -0.15) is 14.6 Å². The molecular weight excluding hydrogens is 342 g/mol. The van der Waals surface area contributed by atoms with Crippen molar-refractivity contribution in [2.75, 3.05) is 6.61 Å². The van der Waals surface area contributed by atoms with Gasteiger partial charge in [0.1, 0.15) is 6.33 Å². The zero-order valence-electron chi connectivity index (χ0n) is 13.1. The summed E-state index contributed by atoms with van der Waals surface area (Å²) in [6, 6.07) is 9.04. The van der Waals surface area contributed by atoms with Gasteiger partial charge in [-0.15, -0.1) is 0 Å². The van der Waals surface area contributed by atoms with E-state index in [-0.39, 0.29) is 12.2 Å². The Morgan fingerprint density at radius 1 is 1.20 bits per heavy atom. The summed E-state index contributed by atoms with van der Waals surface area (Å²) < 4.78 is 3.09. The largest absolute Gasteiger partial charge is 0.396 e. The third kappa shape index (κ3) is 2.57. The van der Waals surface area contributed by atoms with E-state index in [1.54, 1.807) is 22.9 Å². The number of halogens is 1. The Balaban J connectivity index is 2.14. The molecule has 0 spiro atoms. The SMILES string of the molecule is O=c1c2c(-c3ccccc3Cl)n3ncnc3nc2ccn1CCCO. The average molecular weight is 356 g/mol. The summed E-state index contributed by atoms with van der Waals surface area (Å²) in [5.41, 5.74) is 1.57. The maximum absolute atomic E-state index is 13.0. The third-order valence-corrected chi connectivity index (χ3v) is 4.36. The first-order valence-electron chi connectivity index (χ1n) is 7.79. The van der Waals surface area contributed by atoms with Crippen LogP contribution in [0.4, 0.5) is 0 Å². The molecule has 126 valence electrons. The van der Waals surface area contributed by atoms with Crippen LogP contribution in [0.5, 0.6) is 0 Å². The molecule has 0 fully saturated rings. The van der Waals surface area contributed by atoms with E-state index in [1.165, 1.54) is 10.8 Å². The Kier molecular flexibility index (Phi) is 3.95. The lowest BCUT2D eigenvalue weighted by Gasteiger charge is -2.12. The maximum atomic E-state index is 13.0. The van der Waals surface area contributed by atoms with Gasteiger partial charge in [-0.05, 0) is 18.6 Å². The number of hydrogen-bond acceptors (Lipinski definition) is 5. The molecule has 25 heavy (non-hydrogen) atoms. The molecule has 0 aliphatic heterocycles. The van der Waals surface area contributed by atoms with Gasteiger partial charge in [0.15, 0.2) is 0 Å². The van der Waals surface area contributed by atoms with E-state index in [0.29, 0.717) is 45.9 Å². The molecule has 0 unspecified atom stereocenters. The molecule has 7 nitrogen and oxygen atoms in total. The fourth-order valence-corrected chi connectivity index (χ4v) is 3.11. The van der Waals surface area contributed by atoms with Crippen LogP contribution in [0.3, 0.4) is 0 Å². The number of fused-ring (bicyclic) bond motifs is 2. The molecule has 0 saturated carbocycles. The van der Waals surface area contributed by atoms with Gasteiger partial charge in [0.2, 0.25) is 0 Å². The molecule has 3 aromatic heterocycles. The fourth-order valence-electron chi connectivity index (χ4n) is 2.88. The van der Waals surface area contributed by atoms with E-state index in [0.717, 1.165) is 0 Å². The lowest BCUT2D eigenvalue weighted by molar-refractivity contribution is 0.279. The van der Waals surface area contributed by atoms with Gasteiger partial charge in [0.05, 0.1) is 16.6 Å². The number of aromatic nitrogens is 5.